The van der Waals surface area contributed by atoms with Crippen molar-refractivity contribution in [2.24, 2.45) is 0 Å². The van der Waals surface area contributed by atoms with Crippen molar-refractivity contribution in [2.45, 2.75) is 145 Å². The average molecular weight is 382 g/mol. The molecule has 0 radical (unpaired) electrons. The summed E-state index contributed by atoms with van der Waals surface area (Å²) < 4.78 is 0. The van der Waals surface area contributed by atoms with Gasteiger partial charge in [0.2, 0.25) is 0 Å². The Morgan fingerprint density at radius 1 is 0.500 bits per heavy atom. The Kier molecular flexibility index (Phi) is 9.75. The van der Waals surface area contributed by atoms with E-state index < -0.39 is 0 Å². The van der Waals surface area contributed by atoms with Gasteiger partial charge in [0, 0.05) is 6.04 Å². The molecule has 0 aliphatic heterocycles. The van der Waals surface area contributed by atoms with Crippen molar-refractivity contribution in [3.8, 4) is 0 Å². The van der Waals surface area contributed by atoms with Crippen LogP contribution in [0, 0.1) is 0 Å². The summed E-state index contributed by atoms with van der Waals surface area (Å²) in [5.74, 6) is 0. The first-order valence-corrected chi connectivity index (χ1v) is 13.6. The van der Waals surface area contributed by atoms with Crippen LogP contribution < -0.4 is 5.48 Å². The maximum Gasteiger partial charge on any atom is 0.0387 e. The third-order valence-electron chi connectivity index (χ3n) is 7.52. The molecule has 0 spiro atoms. The summed E-state index contributed by atoms with van der Waals surface area (Å²) in [6.45, 7) is 0. The Morgan fingerprint density at radius 2 is 0.885 bits per heavy atom. The average Bonchev–Trinajstić information content (AvgIpc) is 2.76. The second-order valence-electron chi connectivity index (χ2n) is 9.39. The molecule has 2 N–H and O–H groups in total. The zero-order valence-electron chi connectivity index (χ0n) is 17.1. The summed E-state index contributed by atoms with van der Waals surface area (Å²) in [7, 11) is 0.0476. The molecule has 0 aromatic heterocycles. The monoisotopic (exact) mass is 381 g/mol. The third kappa shape index (κ3) is 6.18. The standard InChI is InChI=1S/C23H44NOP/c25-24-22-18-12-5-2-6-13-19-23(22)26(21-16-10-7-11-17-21)20-14-8-3-1-4-9-15-20/h20-25H,1-19H2. The summed E-state index contributed by atoms with van der Waals surface area (Å²) in [4.78, 5) is 0. The summed E-state index contributed by atoms with van der Waals surface area (Å²) in [5.41, 5.74) is 5.63. The molecule has 2 nitrogen and oxygen atoms in total. The van der Waals surface area contributed by atoms with Crippen molar-refractivity contribution < 1.29 is 5.21 Å². The lowest BCUT2D eigenvalue weighted by molar-refractivity contribution is 0.117. The molecule has 0 aromatic rings. The van der Waals surface area contributed by atoms with Gasteiger partial charge in [-0.3, -0.25) is 0 Å². The fourth-order valence-electron chi connectivity index (χ4n) is 6.10. The summed E-state index contributed by atoms with van der Waals surface area (Å²) in [6, 6.07) is 0.381. The molecule has 0 amide bonds. The third-order valence-corrected chi connectivity index (χ3v) is 11.6. The van der Waals surface area contributed by atoms with Gasteiger partial charge in [0.25, 0.3) is 0 Å². The first kappa shape index (κ1) is 21.1. The molecule has 26 heavy (non-hydrogen) atoms. The van der Waals surface area contributed by atoms with Gasteiger partial charge in [-0.05, 0) is 55.5 Å². The van der Waals surface area contributed by atoms with Crippen molar-refractivity contribution >= 4 is 7.92 Å². The second kappa shape index (κ2) is 12.0. The zero-order valence-corrected chi connectivity index (χ0v) is 18.0. The largest absolute Gasteiger partial charge is 0.317 e. The van der Waals surface area contributed by atoms with E-state index in [1.54, 1.807) is 0 Å². The number of nitrogens with one attached hydrogen (secondary N) is 1. The Morgan fingerprint density at radius 3 is 1.38 bits per heavy atom. The molecule has 3 rings (SSSR count). The van der Waals surface area contributed by atoms with E-state index >= 15 is 0 Å². The highest BCUT2D eigenvalue weighted by Crippen LogP contribution is 2.60. The molecule has 0 saturated heterocycles. The van der Waals surface area contributed by atoms with Gasteiger partial charge >= 0.3 is 0 Å². The van der Waals surface area contributed by atoms with Crippen LogP contribution in [0.3, 0.4) is 0 Å². The van der Waals surface area contributed by atoms with Gasteiger partial charge in [-0.1, -0.05) is 91.4 Å². The van der Waals surface area contributed by atoms with Crippen LogP contribution in [0.5, 0.6) is 0 Å². The van der Waals surface area contributed by atoms with Crippen molar-refractivity contribution in [3.05, 3.63) is 0 Å². The SMILES string of the molecule is ONC1CCCCCCCC1P(C1CCCCCCC1)C1CCCCC1. The minimum Gasteiger partial charge on any atom is -0.317 e. The van der Waals surface area contributed by atoms with E-state index in [2.05, 4.69) is 5.48 Å². The van der Waals surface area contributed by atoms with Crippen molar-refractivity contribution in [3.63, 3.8) is 0 Å². The Hall–Kier alpha value is 0.350. The van der Waals surface area contributed by atoms with Gasteiger partial charge in [0.05, 0.1) is 0 Å². The van der Waals surface area contributed by atoms with Crippen LogP contribution in [0.15, 0.2) is 0 Å². The van der Waals surface area contributed by atoms with Crippen LogP contribution in [-0.2, 0) is 0 Å². The van der Waals surface area contributed by atoms with Crippen LogP contribution in [0.2, 0.25) is 0 Å². The first-order chi connectivity index (χ1) is 12.9. The molecule has 0 aromatic carbocycles. The quantitative estimate of drug-likeness (QED) is 0.393. The molecule has 0 bridgehead atoms. The minimum absolute atomic E-state index is 0.0476. The lowest BCUT2D eigenvalue weighted by Crippen LogP contribution is -2.41. The number of hydroxylamine groups is 1. The number of hydrogen-bond acceptors (Lipinski definition) is 2. The molecule has 3 fully saturated rings. The predicted octanol–water partition coefficient (Wildman–Crippen LogP) is 7.37. The lowest BCUT2D eigenvalue weighted by Gasteiger charge is -2.45. The number of rotatable bonds is 4. The van der Waals surface area contributed by atoms with E-state index in [1.807, 2.05) is 0 Å². The zero-order chi connectivity index (χ0) is 18.0. The smallest absolute Gasteiger partial charge is 0.0387 e. The molecule has 3 unspecified atom stereocenters. The van der Waals surface area contributed by atoms with Crippen LogP contribution in [0.4, 0.5) is 0 Å². The molecular formula is C23H44NOP. The van der Waals surface area contributed by atoms with Crippen molar-refractivity contribution in [1.29, 1.82) is 0 Å². The molecule has 0 heterocycles. The fourth-order valence-corrected chi connectivity index (χ4v) is 10.8. The first-order valence-electron chi connectivity index (χ1n) is 12.1. The normalized spacial score (nSPS) is 32.7. The number of hydrogen-bond donors (Lipinski definition) is 2. The molecule has 152 valence electrons. The molecular weight excluding hydrogens is 337 g/mol. The highest BCUT2D eigenvalue weighted by molar-refractivity contribution is 7.60. The van der Waals surface area contributed by atoms with Gasteiger partial charge in [-0.25, -0.2) is 5.48 Å². The predicted molar refractivity (Wildman–Crippen MR) is 115 cm³/mol. The Labute approximate surface area is 164 Å². The summed E-state index contributed by atoms with van der Waals surface area (Å²) in [5, 5.41) is 10.1. The van der Waals surface area contributed by atoms with E-state index in [0.717, 1.165) is 17.0 Å². The maximum atomic E-state index is 10.1. The van der Waals surface area contributed by atoms with Crippen LogP contribution >= 0.6 is 7.92 Å². The maximum absolute atomic E-state index is 10.1. The second-order valence-corrected chi connectivity index (χ2v) is 12.4. The fraction of sp³-hybridized carbons (Fsp3) is 1.00. The van der Waals surface area contributed by atoms with Crippen LogP contribution in [0.25, 0.3) is 0 Å². The molecule has 3 aliphatic rings. The minimum atomic E-state index is 0.0476. The molecule has 3 saturated carbocycles. The van der Waals surface area contributed by atoms with Gasteiger partial charge < -0.3 is 5.21 Å². The summed E-state index contributed by atoms with van der Waals surface area (Å²) in [6.07, 6.45) is 27.3. The van der Waals surface area contributed by atoms with Gasteiger partial charge in [0.15, 0.2) is 0 Å². The highest BCUT2D eigenvalue weighted by atomic mass is 31.1. The van der Waals surface area contributed by atoms with Crippen LogP contribution in [0.1, 0.15) is 122 Å². The topological polar surface area (TPSA) is 32.3 Å². The molecule has 3 aliphatic carbocycles. The summed E-state index contributed by atoms with van der Waals surface area (Å²) >= 11 is 0. The van der Waals surface area contributed by atoms with E-state index in [9.17, 15) is 5.21 Å². The highest BCUT2D eigenvalue weighted by Gasteiger charge is 2.38. The lowest BCUT2D eigenvalue weighted by atomic mass is 9.99. The Bertz CT molecular complexity index is 363. The molecule has 3 heteroatoms. The molecule has 3 atom stereocenters. The Balaban J connectivity index is 1.80. The van der Waals surface area contributed by atoms with Gasteiger partial charge in [-0.15, -0.1) is 0 Å². The van der Waals surface area contributed by atoms with Crippen LogP contribution in [-0.4, -0.2) is 28.2 Å². The van der Waals surface area contributed by atoms with E-state index in [0.29, 0.717) is 6.04 Å². The van der Waals surface area contributed by atoms with Gasteiger partial charge in [0.1, 0.15) is 0 Å². The van der Waals surface area contributed by atoms with E-state index in [1.165, 1.54) is 122 Å². The van der Waals surface area contributed by atoms with Crippen molar-refractivity contribution in [2.75, 3.05) is 0 Å². The van der Waals surface area contributed by atoms with E-state index in [-0.39, 0.29) is 7.92 Å². The van der Waals surface area contributed by atoms with E-state index in [4.69, 9.17) is 0 Å². The van der Waals surface area contributed by atoms with Gasteiger partial charge in [-0.2, -0.15) is 0 Å². The van der Waals surface area contributed by atoms with Crippen molar-refractivity contribution in [1.82, 2.24) is 5.48 Å².